The van der Waals surface area contributed by atoms with Gasteiger partial charge in [-0.3, -0.25) is 4.79 Å². The summed E-state index contributed by atoms with van der Waals surface area (Å²) < 4.78 is 10.4. The van der Waals surface area contributed by atoms with Gasteiger partial charge in [0.2, 0.25) is 0 Å². The number of aromatic nitrogens is 3. The zero-order valence-corrected chi connectivity index (χ0v) is 11.0. The topological polar surface area (TPSA) is 90.1 Å². The Kier molecular flexibility index (Phi) is 4.00. The van der Waals surface area contributed by atoms with E-state index in [0.29, 0.717) is 16.2 Å². The summed E-state index contributed by atoms with van der Waals surface area (Å²) in [6, 6.07) is 1.51. The Balaban J connectivity index is 2.04. The van der Waals surface area contributed by atoms with Crippen molar-refractivity contribution in [3.05, 3.63) is 34.5 Å². The highest BCUT2D eigenvalue weighted by Gasteiger charge is 2.13. The molecule has 0 unspecified atom stereocenters. The van der Waals surface area contributed by atoms with Crippen LogP contribution in [0.2, 0.25) is 0 Å². The highest BCUT2D eigenvalue weighted by molar-refractivity contribution is 9.10. The van der Waals surface area contributed by atoms with Gasteiger partial charge in [0.05, 0.1) is 12.4 Å². The normalized spacial score (nSPS) is 10.3. The minimum absolute atomic E-state index is 0.159. The molecule has 1 amide bonds. The number of hydrogen-bond donors (Lipinski definition) is 1. The van der Waals surface area contributed by atoms with Gasteiger partial charge < -0.3 is 14.6 Å². The predicted octanol–water partition coefficient (Wildman–Crippen LogP) is 1.63. The Morgan fingerprint density at radius 2 is 2.33 bits per heavy atom. The zero-order valence-electron chi connectivity index (χ0n) is 9.38. The number of nitrogens with zero attached hydrogens (tertiary/aromatic N) is 3. The highest BCUT2D eigenvalue weighted by atomic mass is 79.9. The first-order valence-corrected chi connectivity index (χ1v) is 5.72. The Labute approximate surface area is 111 Å². The fraction of sp³-hybridized carbons (Fsp3) is 0.200. The number of anilines is 1. The minimum Gasteiger partial charge on any atom is -0.377 e. The van der Waals surface area contributed by atoms with E-state index in [1.807, 2.05) is 0 Å². The van der Waals surface area contributed by atoms with Crippen molar-refractivity contribution >= 4 is 27.7 Å². The fourth-order valence-corrected chi connectivity index (χ4v) is 1.39. The van der Waals surface area contributed by atoms with Crippen LogP contribution in [0.25, 0.3) is 0 Å². The van der Waals surface area contributed by atoms with E-state index in [1.54, 1.807) is 0 Å². The SMILES string of the molecule is COCc1cc(C(=O)Nc2cnc(Br)cn2)no1. The van der Waals surface area contributed by atoms with Crippen LogP contribution in [0.4, 0.5) is 5.82 Å². The molecule has 94 valence electrons. The lowest BCUT2D eigenvalue weighted by molar-refractivity contribution is 0.101. The van der Waals surface area contributed by atoms with Gasteiger partial charge >= 0.3 is 0 Å². The van der Waals surface area contributed by atoms with Gasteiger partial charge in [0.1, 0.15) is 11.2 Å². The molecule has 0 spiro atoms. The van der Waals surface area contributed by atoms with Gasteiger partial charge in [-0.15, -0.1) is 0 Å². The lowest BCUT2D eigenvalue weighted by Gasteiger charge is -2.00. The lowest BCUT2D eigenvalue weighted by atomic mass is 10.3. The van der Waals surface area contributed by atoms with E-state index in [1.165, 1.54) is 25.6 Å². The molecule has 2 rings (SSSR count). The van der Waals surface area contributed by atoms with Crippen molar-refractivity contribution in [3.63, 3.8) is 0 Å². The number of rotatable bonds is 4. The molecule has 2 aromatic rings. The number of carbonyl (C=O) groups is 1. The molecule has 0 radical (unpaired) electrons. The van der Waals surface area contributed by atoms with E-state index < -0.39 is 5.91 Å². The van der Waals surface area contributed by atoms with Crippen LogP contribution in [0.15, 0.2) is 27.6 Å². The Hall–Kier alpha value is -1.80. The zero-order chi connectivity index (χ0) is 13.0. The summed E-state index contributed by atoms with van der Waals surface area (Å²) in [6.07, 6.45) is 2.91. The molecule has 0 aromatic carbocycles. The standard InChI is InChI=1S/C10H9BrN4O3/c1-17-5-6-2-7(15-18-6)10(16)14-9-4-12-8(11)3-13-9/h2-4H,5H2,1H3,(H,13,14,16). The number of halogens is 1. The number of amides is 1. The molecule has 7 nitrogen and oxygen atoms in total. The maximum atomic E-state index is 11.8. The van der Waals surface area contributed by atoms with Gasteiger partial charge in [-0.2, -0.15) is 0 Å². The van der Waals surface area contributed by atoms with Gasteiger partial charge in [0.15, 0.2) is 17.3 Å². The quantitative estimate of drug-likeness (QED) is 0.922. The smallest absolute Gasteiger partial charge is 0.279 e. The second-order valence-electron chi connectivity index (χ2n) is 3.29. The lowest BCUT2D eigenvalue weighted by Crippen LogP contribution is -2.13. The van der Waals surface area contributed by atoms with Crippen LogP contribution in [-0.4, -0.2) is 28.1 Å². The Morgan fingerprint density at radius 3 is 3.00 bits per heavy atom. The third-order valence-electron chi connectivity index (χ3n) is 1.94. The average Bonchev–Trinajstić information content (AvgIpc) is 2.81. The van der Waals surface area contributed by atoms with Crippen LogP contribution < -0.4 is 5.32 Å². The van der Waals surface area contributed by atoms with E-state index in [4.69, 9.17) is 9.26 Å². The predicted molar refractivity (Wildman–Crippen MR) is 64.9 cm³/mol. The third kappa shape index (κ3) is 3.11. The first-order valence-electron chi connectivity index (χ1n) is 4.92. The second-order valence-corrected chi connectivity index (χ2v) is 4.10. The summed E-state index contributed by atoms with van der Waals surface area (Å²) in [5, 5.41) is 6.17. The van der Waals surface area contributed by atoms with Crippen molar-refractivity contribution in [1.29, 1.82) is 0 Å². The number of hydrogen-bond acceptors (Lipinski definition) is 6. The maximum Gasteiger partial charge on any atom is 0.279 e. The molecule has 1 N–H and O–H groups in total. The molecule has 18 heavy (non-hydrogen) atoms. The van der Waals surface area contributed by atoms with E-state index in [9.17, 15) is 4.79 Å². The summed E-state index contributed by atoms with van der Waals surface area (Å²) in [5.41, 5.74) is 0.159. The van der Waals surface area contributed by atoms with Gasteiger partial charge in [-0.05, 0) is 15.9 Å². The number of carbonyl (C=O) groups excluding carboxylic acids is 1. The van der Waals surface area contributed by atoms with Crippen molar-refractivity contribution in [2.24, 2.45) is 0 Å². The number of methoxy groups -OCH3 is 1. The number of nitrogens with one attached hydrogen (secondary N) is 1. The first-order chi connectivity index (χ1) is 8.69. The second kappa shape index (κ2) is 5.69. The maximum absolute atomic E-state index is 11.8. The molecule has 2 heterocycles. The van der Waals surface area contributed by atoms with Crippen molar-refractivity contribution < 1.29 is 14.1 Å². The first kappa shape index (κ1) is 12.7. The fourth-order valence-electron chi connectivity index (χ4n) is 1.19. The van der Waals surface area contributed by atoms with Crippen molar-refractivity contribution in [3.8, 4) is 0 Å². The van der Waals surface area contributed by atoms with E-state index in [2.05, 4.69) is 36.4 Å². The number of ether oxygens (including phenoxy) is 1. The van der Waals surface area contributed by atoms with Gasteiger partial charge in [-0.1, -0.05) is 5.16 Å². The van der Waals surface area contributed by atoms with Crippen LogP contribution >= 0.6 is 15.9 Å². The molecule has 0 bridgehead atoms. The molecule has 0 saturated carbocycles. The molecule has 0 fully saturated rings. The van der Waals surface area contributed by atoms with Crippen molar-refractivity contribution in [2.45, 2.75) is 6.61 Å². The van der Waals surface area contributed by atoms with Gasteiger partial charge in [0.25, 0.3) is 5.91 Å². The summed E-state index contributed by atoms with van der Waals surface area (Å²) in [6.45, 7) is 0.262. The molecule has 0 atom stereocenters. The molecule has 8 heteroatoms. The van der Waals surface area contributed by atoms with E-state index in [-0.39, 0.29) is 12.3 Å². The van der Waals surface area contributed by atoms with Crippen LogP contribution in [0.3, 0.4) is 0 Å². The Bertz CT molecular complexity index is 540. The monoisotopic (exact) mass is 312 g/mol. The molecule has 2 aromatic heterocycles. The molecular weight excluding hydrogens is 304 g/mol. The molecule has 0 aliphatic rings. The highest BCUT2D eigenvalue weighted by Crippen LogP contribution is 2.09. The van der Waals surface area contributed by atoms with Gasteiger partial charge in [0, 0.05) is 13.2 Å². The van der Waals surface area contributed by atoms with E-state index >= 15 is 0 Å². The largest absolute Gasteiger partial charge is 0.377 e. The van der Waals surface area contributed by atoms with Crippen molar-refractivity contribution in [2.75, 3.05) is 12.4 Å². The molecule has 0 aliphatic heterocycles. The van der Waals surface area contributed by atoms with Crippen LogP contribution in [0.5, 0.6) is 0 Å². The molecular formula is C10H9BrN4O3. The van der Waals surface area contributed by atoms with Crippen molar-refractivity contribution in [1.82, 2.24) is 15.1 Å². The Morgan fingerprint density at radius 1 is 1.50 bits per heavy atom. The van der Waals surface area contributed by atoms with Gasteiger partial charge in [-0.25, -0.2) is 9.97 Å². The van der Waals surface area contributed by atoms with Crippen LogP contribution in [0, 0.1) is 0 Å². The third-order valence-corrected chi connectivity index (χ3v) is 2.35. The van der Waals surface area contributed by atoms with Crippen LogP contribution in [-0.2, 0) is 11.3 Å². The summed E-state index contributed by atoms with van der Waals surface area (Å²) in [5.74, 6) is 0.391. The summed E-state index contributed by atoms with van der Waals surface area (Å²) in [7, 11) is 1.53. The molecule has 0 aliphatic carbocycles. The average molecular weight is 313 g/mol. The summed E-state index contributed by atoms with van der Waals surface area (Å²) >= 11 is 3.15. The minimum atomic E-state index is -0.419. The molecule has 0 saturated heterocycles. The summed E-state index contributed by atoms with van der Waals surface area (Å²) in [4.78, 5) is 19.7. The van der Waals surface area contributed by atoms with Crippen LogP contribution in [0.1, 0.15) is 16.2 Å². The van der Waals surface area contributed by atoms with E-state index in [0.717, 1.165) is 0 Å².